The highest BCUT2D eigenvalue weighted by molar-refractivity contribution is 5.95. The Morgan fingerprint density at radius 3 is 2.48 bits per heavy atom. The van der Waals surface area contributed by atoms with Crippen molar-refractivity contribution < 1.29 is 23.9 Å². The van der Waals surface area contributed by atoms with E-state index in [2.05, 4.69) is 15.5 Å². The zero-order valence-corrected chi connectivity index (χ0v) is 19.7. The number of nitrogens with one attached hydrogen (secondary N) is 2. The van der Waals surface area contributed by atoms with Crippen molar-refractivity contribution in [2.45, 2.75) is 19.9 Å². The first-order valence-electron chi connectivity index (χ1n) is 11.2. The van der Waals surface area contributed by atoms with Crippen molar-refractivity contribution in [3.63, 3.8) is 0 Å². The molecule has 2 aliphatic heterocycles. The molecule has 2 aliphatic rings. The summed E-state index contributed by atoms with van der Waals surface area (Å²) in [6.07, 6.45) is 0. The molecule has 2 N–H and O–H groups in total. The minimum atomic E-state index is -0.699. The molecule has 1 saturated heterocycles. The molecule has 0 saturated carbocycles. The van der Waals surface area contributed by atoms with E-state index < -0.39 is 12.0 Å². The lowest BCUT2D eigenvalue weighted by Gasteiger charge is -2.39. The number of benzene rings is 1. The summed E-state index contributed by atoms with van der Waals surface area (Å²) in [5, 5.41) is 5.74. The molecule has 0 aliphatic carbocycles. The van der Waals surface area contributed by atoms with Crippen LogP contribution in [-0.2, 0) is 9.53 Å². The molecule has 1 fully saturated rings. The molecule has 0 radical (unpaired) electrons. The molecule has 4 amide bonds. The second kappa shape index (κ2) is 11.0. The molecule has 0 spiro atoms. The number of urea groups is 2. The monoisotopic (exact) mass is 459 g/mol. The number of hydrogen-bond acceptors (Lipinski definition) is 6. The number of amides is 4. The van der Waals surface area contributed by atoms with E-state index in [1.165, 1.54) is 4.90 Å². The molecule has 1 aromatic rings. The molecular formula is C23H33N5O5. The van der Waals surface area contributed by atoms with E-state index in [9.17, 15) is 14.4 Å². The van der Waals surface area contributed by atoms with Gasteiger partial charge in [-0.15, -0.1) is 0 Å². The summed E-state index contributed by atoms with van der Waals surface area (Å²) in [6.45, 7) is 7.22. The van der Waals surface area contributed by atoms with Crippen molar-refractivity contribution in [2.75, 3.05) is 60.0 Å². The fraction of sp³-hybridized carbons (Fsp3) is 0.522. The van der Waals surface area contributed by atoms with Gasteiger partial charge in [-0.2, -0.15) is 0 Å². The summed E-state index contributed by atoms with van der Waals surface area (Å²) in [5.41, 5.74) is 1.65. The van der Waals surface area contributed by atoms with E-state index in [0.717, 1.165) is 0 Å². The van der Waals surface area contributed by atoms with Gasteiger partial charge in [-0.3, -0.25) is 9.80 Å². The van der Waals surface area contributed by atoms with Crippen LogP contribution < -0.4 is 15.4 Å². The van der Waals surface area contributed by atoms with E-state index in [-0.39, 0.29) is 18.7 Å². The van der Waals surface area contributed by atoms with Gasteiger partial charge < -0.3 is 25.0 Å². The lowest BCUT2D eigenvalue weighted by molar-refractivity contribution is -0.139. The molecule has 2 heterocycles. The van der Waals surface area contributed by atoms with Crippen LogP contribution in [0, 0.1) is 0 Å². The molecule has 1 unspecified atom stereocenters. The fourth-order valence-corrected chi connectivity index (χ4v) is 4.12. The third kappa shape index (κ3) is 5.39. The summed E-state index contributed by atoms with van der Waals surface area (Å²) in [5.74, 6) is 0.0975. The number of piperazine rings is 1. The van der Waals surface area contributed by atoms with Gasteiger partial charge in [-0.05, 0) is 19.9 Å². The number of hydrogen-bond donors (Lipinski definition) is 2. The zero-order valence-electron chi connectivity index (χ0n) is 19.7. The molecule has 33 heavy (non-hydrogen) atoms. The highest BCUT2D eigenvalue weighted by Gasteiger charge is 2.38. The smallest absolute Gasteiger partial charge is 0.338 e. The largest absolute Gasteiger partial charge is 0.496 e. The number of nitrogens with zero attached hydrogens (tertiary/aromatic N) is 3. The van der Waals surface area contributed by atoms with Gasteiger partial charge in [0, 0.05) is 57.6 Å². The topological polar surface area (TPSA) is 103 Å². The Kier molecular flexibility index (Phi) is 8.16. The molecule has 3 rings (SSSR count). The summed E-state index contributed by atoms with van der Waals surface area (Å²) in [7, 11) is 3.20. The van der Waals surface area contributed by atoms with Gasteiger partial charge in [0.2, 0.25) is 0 Å². The molecule has 1 atom stereocenters. The van der Waals surface area contributed by atoms with E-state index in [1.807, 2.05) is 25.1 Å². The maximum atomic E-state index is 13.1. The number of carbonyl (C=O) groups excluding carboxylic acids is 3. The molecule has 1 aromatic carbocycles. The lowest BCUT2D eigenvalue weighted by atomic mass is 9.93. The van der Waals surface area contributed by atoms with Gasteiger partial charge in [-0.25, -0.2) is 14.4 Å². The lowest BCUT2D eigenvalue weighted by Crippen LogP contribution is -2.54. The number of rotatable bonds is 7. The summed E-state index contributed by atoms with van der Waals surface area (Å²) < 4.78 is 10.9. The van der Waals surface area contributed by atoms with E-state index in [4.69, 9.17) is 9.47 Å². The van der Waals surface area contributed by atoms with Gasteiger partial charge in [0.25, 0.3) is 0 Å². The highest BCUT2D eigenvalue weighted by atomic mass is 16.5. The second-order valence-electron chi connectivity index (χ2n) is 7.86. The maximum Gasteiger partial charge on any atom is 0.338 e. The average molecular weight is 460 g/mol. The average Bonchev–Trinajstić information content (AvgIpc) is 2.82. The minimum Gasteiger partial charge on any atom is -0.496 e. The van der Waals surface area contributed by atoms with Crippen LogP contribution in [0.2, 0.25) is 0 Å². The maximum absolute atomic E-state index is 13.1. The SMILES string of the molecule is CCNC(=O)N1CCN(CC2=C(C(=O)OCC)C(c3ccccc3OC)NC(=O)N2C)CC1. The van der Waals surface area contributed by atoms with Crippen LogP contribution in [-0.4, -0.2) is 92.8 Å². The highest BCUT2D eigenvalue weighted by Crippen LogP contribution is 2.35. The van der Waals surface area contributed by atoms with Gasteiger partial charge in [-0.1, -0.05) is 18.2 Å². The predicted molar refractivity (Wildman–Crippen MR) is 123 cm³/mol. The normalized spacial score (nSPS) is 19.3. The third-order valence-corrected chi connectivity index (χ3v) is 5.88. The number of esters is 1. The number of likely N-dealkylation sites (N-methyl/N-ethyl adjacent to an activating group) is 1. The number of ether oxygens (including phenoxy) is 2. The van der Waals surface area contributed by atoms with Crippen molar-refractivity contribution >= 4 is 18.0 Å². The Bertz CT molecular complexity index is 910. The molecule has 0 bridgehead atoms. The van der Waals surface area contributed by atoms with Crippen molar-refractivity contribution in [3.05, 3.63) is 41.1 Å². The van der Waals surface area contributed by atoms with Crippen LogP contribution in [0.4, 0.5) is 9.59 Å². The van der Waals surface area contributed by atoms with Crippen LogP contribution >= 0.6 is 0 Å². The van der Waals surface area contributed by atoms with E-state index >= 15 is 0 Å². The van der Waals surface area contributed by atoms with Crippen molar-refractivity contribution in [3.8, 4) is 5.75 Å². The molecule has 10 nitrogen and oxygen atoms in total. The molecule has 10 heteroatoms. The first-order valence-corrected chi connectivity index (χ1v) is 11.2. The summed E-state index contributed by atoms with van der Waals surface area (Å²) >= 11 is 0. The van der Waals surface area contributed by atoms with Gasteiger partial charge in [0.05, 0.1) is 25.3 Å². The Hall–Kier alpha value is -3.27. The van der Waals surface area contributed by atoms with E-state index in [1.54, 1.807) is 32.0 Å². The zero-order chi connectivity index (χ0) is 24.0. The number of carbonyl (C=O) groups is 3. The van der Waals surface area contributed by atoms with Gasteiger partial charge in [0.1, 0.15) is 5.75 Å². The molecular weight excluding hydrogens is 426 g/mol. The van der Waals surface area contributed by atoms with Crippen molar-refractivity contribution in [1.82, 2.24) is 25.3 Å². The van der Waals surface area contributed by atoms with Gasteiger partial charge >= 0.3 is 18.0 Å². The Labute approximate surface area is 194 Å². The Morgan fingerprint density at radius 1 is 1.15 bits per heavy atom. The van der Waals surface area contributed by atoms with Gasteiger partial charge in [0.15, 0.2) is 0 Å². The number of methoxy groups -OCH3 is 1. The van der Waals surface area contributed by atoms with Crippen LogP contribution in [0.25, 0.3) is 0 Å². The van der Waals surface area contributed by atoms with Crippen LogP contribution in [0.1, 0.15) is 25.5 Å². The quantitative estimate of drug-likeness (QED) is 0.600. The predicted octanol–water partition coefficient (Wildman–Crippen LogP) is 1.56. The second-order valence-corrected chi connectivity index (χ2v) is 7.86. The first-order chi connectivity index (χ1) is 15.9. The first kappa shape index (κ1) is 24.4. The Balaban J connectivity index is 1.93. The van der Waals surface area contributed by atoms with Crippen LogP contribution in [0.3, 0.4) is 0 Å². The van der Waals surface area contributed by atoms with E-state index in [0.29, 0.717) is 61.9 Å². The summed E-state index contributed by atoms with van der Waals surface area (Å²) in [4.78, 5) is 43.5. The standard InChI is InChI=1S/C23H33N5O5/c1-5-24-22(30)28-13-11-27(12-14-28)15-17-19(21(29)33-6-2)20(25-23(31)26(17)3)16-9-7-8-10-18(16)32-4/h7-10,20H,5-6,11-15H2,1-4H3,(H,24,30)(H,25,31). The van der Waals surface area contributed by atoms with Crippen LogP contribution in [0.5, 0.6) is 5.75 Å². The van der Waals surface area contributed by atoms with Crippen LogP contribution in [0.15, 0.2) is 35.5 Å². The number of para-hydroxylation sites is 1. The molecule has 0 aromatic heterocycles. The van der Waals surface area contributed by atoms with Crippen molar-refractivity contribution in [2.24, 2.45) is 0 Å². The third-order valence-electron chi connectivity index (χ3n) is 5.88. The summed E-state index contributed by atoms with van der Waals surface area (Å²) in [6, 6.07) is 6.21. The van der Waals surface area contributed by atoms with Crippen molar-refractivity contribution in [1.29, 1.82) is 0 Å². The Morgan fingerprint density at radius 2 is 1.85 bits per heavy atom. The minimum absolute atomic E-state index is 0.0750. The molecule has 180 valence electrons. The fourth-order valence-electron chi connectivity index (χ4n) is 4.12.